The van der Waals surface area contributed by atoms with Crippen LogP contribution in [0.1, 0.15) is 5.56 Å². The van der Waals surface area contributed by atoms with Crippen molar-refractivity contribution in [2.24, 2.45) is 5.92 Å². The number of alkyl halides is 3. The molecule has 0 heterocycles. The van der Waals surface area contributed by atoms with Gasteiger partial charge < -0.3 is 0 Å². The zero-order valence-electron chi connectivity index (χ0n) is 8.99. The van der Waals surface area contributed by atoms with E-state index in [-0.39, 0.29) is 0 Å². The first-order valence-corrected chi connectivity index (χ1v) is 6.08. The van der Waals surface area contributed by atoms with Gasteiger partial charge in [-0.05, 0) is 18.6 Å². The van der Waals surface area contributed by atoms with Crippen LogP contribution in [-0.4, -0.2) is 16.1 Å². The summed E-state index contributed by atoms with van der Waals surface area (Å²) in [7, 11) is -1.81. The van der Waals surface area contributed by atoms with Crippen LogP contribution in [0.4, 0.5) is 13.2 Å². The third kappa shape index (κ3) is 3.56. The molecule has 0 aliphatic heterocycles. The highest BCUT2D eigenvalue weighted by Gasteiger charge is 2.41. The second-order valence-electron chi connectivity index (χ2n) is 3.50. The van der Waals surface area contributed by atoms with Gasteiger partial charge in [-0.1, -0.05) is 18.2 Å². The number of nitriles is 1. The lowest BCUT2D eigenvalue weighted by Crippen LogP contribution is -2.26. The summed E-state index contributed by atoms with van der Waals surface area (Å²) in [5.41, 5.74) is 0.657. The molecule has 17 heavy (non-hydrogen) atoms. The van der Waals surface area contributed by atoms with Crippen LogP contribution < -0.4 is 0 Å². The number of aryl methyl sites for hydroxylation is 1. The summed E-state index contributed by atoms with van der Waals surface area (Å²) in [6.45, 7) is 1.67. The lowest BCUT2D eigenvalue weighted by Gasteiger charge is -2.13. The largest absolute Gasteiger partial charge is 0.405 e. The molecular formula is C11H10F3NOS. The van der Waals surface area contributed by atoms with Crippen LogP contribution in [0.25, 0.3) is 0 Å². The van der Waals surface area contributed by atoms with E-state index in [0.717, 1.165) is 6.07 Å². The van der Waals surface area contributed by atoms with Crippen molar-refractivity contribution in [3.8, 4) is 6.07 Å². The summed E-state index contributed by atoms with van der Waals surface area (Å²) in [4.78, 5) is 0.344. The number of halogens is 3. The Balaban J connectivity index is 2.87. The lowest BCUT2D eigenvalue weighted by atomic mass is 10.2. The molecule has 0 saturated carbocycles. The van der Waals surface area contributed by atoms with Gasteiger partial charge >= 0.3 is 6.18 Å². The Bertz CT molecular complexity index is 465. The van der Waals surface area contributed by atoms with Gasteiger partial charge in [0.05, 0.1) is 22.6 Å². The van der Waals surface area contributed by atoms with E-state index in [1.54, 1.807) is 25.1 Å². The summed E-state index contributed by atoms with van der Waals surface area (Å²) in [6.07, 6.45) is -4.63. The number of nitrogens with zero attached hydrogens (tertiary/aromatic N) is 1. The summed E-state index contributed by atoms with van der Waals surface area (Å²) in [5, 5.41) is 8.42. The summed E-state index contributed by atoms with van der Waals surface area (Å²) >= 11 is 0. The molecular weight excluding hydrogens is 251 g/mol. The standard InChI is InChI=1S/C11H10F3NOS/c1-8-4-2-3-5-10(8)17(16)7-9(6-15)11(12,13)14/h2-5,9H,7H2,1H3. The number of benzene rings is 1. The zero-order valence-corrected chi connectivity index (χ0v) is 9.81. The van der Waals surface area contributed by atoms with Gasteiger partial charge in [-0.3, -0.25) is 4.21 Å². The summed E-state index contributed by atoms with van der Waals surface area (Å²) < 4.78 is 48.8. The van der Waals surface area contributed by atoms with Crippen LogP contribution in [0.15, 0.2) is 29.2 Å². The maximum absolute atomic E-state index is 12.3. The molecule has 92 valence electrons. The van der Waals surface area contributed by atoms with Gasteiger partial charge in [-0.25, -0.2) is 0 Å². The van der Waals surface area contributed by atoms with Gasteiger partial charge in [0.1, 0.15) is 0 Å². The molecule has 0 aliphatic carbocycles. The second-order valence-corrected chi connectivity index (χ2v) is 4.97. The Morgan fingerprint density at radius 1 is 1.41 bits per heavy atom. The molecule has 0 bridgehead atoms. The van der Waals surface area contributed by atoms with Crippen molar-refractivity contribution in [2.75, 3.05) is 5.75 Å². The minimum atomic E-state index is -4.63. The van der Waals surface area contributed by atoms with Crippen LogP contribution in [0.3, 0.4) is 0 Å². The Hall–Kier alpha value is -1.35. The smallest absolute Gasteiger partial charge is 0.254 e. The minimum Gasteiger partial charge on any atom is -0.254 e. The van der Waals surface area contributed by atoms with Crippen molar-refractivity contribution in [1.82, 2.24) is 0 Å². The van der Waals surface area contributed by atoms with Crippen LogP contribution in [0, 0.1) is 24.2 Å². The van der Waals surface area contributed by atoms with Gasteiger partial charge in [-0.2, -0.15) is 18.4 Å². The van der Waals surface area contributed by atoms with Crippen LogP contribution in [0.5, 0.6) is 0 Å². The van der Waals surface area contributed by atoms with Crippen molar-refractivity contribution >= 4 is 10.8 Å². The maximum atomic E-state index is 12.3. The third-order valence-corrected chi connectivity index (χ3v) is 3.79. The minimum absolute atomic E-state index is 0.344. The Morgan fingerprint density at radius 3 is 2.47 bits per heavy atom. The predicted molar refractivity (Wildman–Crippen MR) is 57.6 cm³/mol. The van der Waals surface area contributed by atoms with Gasteiger partial charge in [0.25, 0.3) is 0 Å². The first-order valence-electron chi connectivity index (χ1n) is 4.76. The van der Waals surface area contributed by atoms with Gasteiger partial charge in [0.15, 0.2) is 5.92 Å². The van der Waals surface area contributed by atoms with E-state index in [0.29, 0.717) is 10.5 Å². The first-order chi connectivity index (χ1) is 7.86. The lowest BCUT2D eigenvalue weighted by molar-refractivity contribution is -0.153. The van der Waals surface area contributed by atoms with E-state index < -0.39 is 28.6 Å². The van der Waals surface area contributed by atoms with Gasteiger partial charge in [-0.15, -0.1) is 0 Å². The summed E-state index contributed by atoms with van der Waals surface area (Å²) in [5.74, 6) is -2.91. The topological polar surface area (TPSA) is 40.9 Å². The van der Waals surface area contributed by atoms with Gasteiger partial charge in [0.2, 0.25) is 0 Å². The van der Waals surface area contributed by atoms with E-state index in [1.807, 2.05) is 0 Å². The molecule has 2 unspecified atom stereocenters. The predicted octanol–water partition coefficient (Wildman–Crippen LogP) is 2.80. The fourth-order valence-corrected chi connectivity index (χ4v) is 2.66. The van der Waals surface area contributed by atoms with Crippen molar-refractivity contribution in [3.05, 3.63) is 29.8 Å². The first kappa shape index (κ1) is 13.7. The average molecular weight is 261 g/mol. The highest BCUT2D eigenvalue weighted by molar-refractivity contribution is 7.85. The van der Waals surface area contributed by atoms with Crippen LogP contribution >= 0.6 is 0 Å². The molecule has 0 radical (unpaired) electrons. The zero-order chi connectivity index (χ0) is 13.1. The SMILES string of the molecule is Cc1ccccc1S(=O)CC(C#N)C(F)(F)F. The highest BCUT2D eigenvalue weighted by atomic mass is 32.2. The second kappa shape index (κ2) is 5.32. The monoisotopic (exact) mass is 261 g/mol. The van der Waals surface area contributed by atoms with E-state index in [2.05, 4.69) is 0 Å². The fourth-order valence-electron chi connectivity index (χ4n) is 1.26. The van der Waals surface area contributed by atoms with Crippen LogP contribution in [-0.2, 0) is 10.8 Å². The molecule has 0 amide bonds. The quantitative estimate of drug-likeness (QED) is 0.839. The molecule has 0 spiro atoms. The van der Waals surface area contributed by atoms with E-state index in [9.17, 15) is 17.4 Å². The molecule has 1 aromatic carbocycles. The molecule has 0 aromatic heterocycles. The van der Waals surface area contributed by atoms with E-state index in [4.69, 9.17) is 5.26 Å². The van der Waals surface area contributed by atoms with Gasteiger partial charge in [0, 0.05) is 4.90 Å². The molecule has 0 N–H and O–H groups in total. The van der Waals surface area contributed by atoms with E-state index >= 15 is 0 Å². The summed E-state index contributed by atoms with van der Waals surface area (Å²) in [6, 6.07) is 7.64. The molecule has 2 nitrogen and oxygen atoms in total. The molecule has 0 fully saturated rings. The Morgan fingerprint density at radius 2 is 2.00 bits per heavy atom. The maximum Gasteiger partial charge on any atom is 0.405 e. The number of rotatable bonds is 3. The van der Waals surface area contributed by atoms with Crippen molar-refractivity contribution in [1.29, 1.82) is 5.26 Å². The van der Waals surface area contributed by atoms with Crippen molar-refractivity contribution in [3.63, 3.8) is 0 Å². The van der Waals surface area contributed by atoms with Crippen LogP contribution in [0.2, 0.25) is 0 Å². The third-order valence-electron chi connectivity index (χ3n) is 2.21. The normalized spacial score (nSPS) is 15.0. The highest BCUT2D eigenvalue weighted by Crippen LogP contribution is 2.27. The molecule has 6 heteroatoms. The molecule has 0 aliphatic rings. The fraction of sp³-hybridized carbons (Fsp3) is 0.364. The Kier molecular flexibility index (Phi) is 4.29. The molecule has 2 atom stereocenters. The van der Waals surface area contributed by atoms with Crippen molar-refractivity contribution < 1.29 is 17.4 Å². The molecule has 0 saturated heterocycles. The Labute approximate surface area is 99.5 Å². The molecule has 1 rings (SSSR count). The number of hydrogen-bond acceptors (Lipinski definition) is 2. The molecule has 1 aromatic rings. The van der Waals surface area contributed by atoms with E-state index in [1.165, 1.54) is 6.07 Å². The van der Waals surface area contributed by atoms with Crippen molar-refractivity contribution in [2.45, 2.75) is 18.0 Å². The number of hydrogen-bond donors (Lipinski definition) is 0. The average Bonchev–Trinajstić information content (AvgIpc) is 2.24.